The summed E-state index contributed by atoms with van der Waals surface area (Å²) in [5, 5.41) is 0.0677. The van der Waals surface area contributed by atoms with Crippen molar-refractivity contribution in [3.63, 3.8) is 0 Å². The summed E-state index contributed by atoms with van der Waals surface area (Å²) in [6.45, 7) is 2.14. The fourth-order valence-corrected chi connectivity index (χ4v) is 2.75. The van der Waals surface area contributed by atoms with Gasteiger partial charge in [0.25, 0.3) is 0 Å². The van der Waals surface area contributed by atoms with Crippen LogP contribution in [0.5, 0.6) is 0 Å². The van der Waals surface area contributed by atoms with Crippen molar-refractivity contribution in [2.24, 2.45) is 0 Å². The number of rotatable bonds is 7. The highest BCUT2D eigenvalue weighted by Gasteiger charge is 2.26. The highest BCUT2D eigenvalue weighted by atomic mass is 35.5. The Kier molecular flexibility index (Phi) is 8.12. The Labute approximate surface area is 101 Å². The highest BCUT2D eigenvalue weighted by molar-refractivity contribution is 6.49. The summed E-state index contributed by atoms with van der Waals surface area (Å²) < 4.78 is -0.748. The molecule has 0 rings (SSSR count). The minimum absolute atomic E-state index is 0.0677. The average Bonchev–Trinajstić information content (AvgIpc) is 1.99. The molecule has 0 aliphatic heterocycles. The minimum atomic E-state index is -0.748. The molecule has 0 fully saturated rings. The lowest BCUT2D eigenvalue weighted by Gasteiger charge is -2.21. The molecule has 0 nitrogen and oxygen atoms in total. The smallest absolute Gasteiger partial charge is 0.120 e. The molecule has 0 aromatic rings. The third-order valence-electron chi connectivity index (χ3n) is 1.85. The van der Waals surface area contributed by atoms with E-state index in [9.17, 15) is 0 Å². The van der Waals surface area contributed by atoms with Crippen molar-refractivity contribution < 1.29 is 0 Å². The summed E-state index contributed by atoms with van der Waals surface area (Å²) in [4.78, 5) is 0. The van der Waals surface area contributed by atoms with Crippen LogP contribution >= 0.6 is 46.4 Å². The lowest BCUT2D eigenvalue weighted by molar-refractivity contribution is 0.588. The SMILES string of the molecule is CCCCC(Cl)CC(Cl)(Cl)CCCl. The average molecular weight is 266 g/mol. The van der Waals surface area contributed by atoms with Gasteiger partial charge in [-0.15, -0.1) is 46.4 Å². The first-order chi connectivity index (χ1) is 6.02. The molecule has 0 radical (unpaired) electrons. The summed E-state index contributed by atoms with van der Waals surface area (Å²) in [6.07, 6.45) is 4.45. The van der Waals surface area contributed by atoms with Gasteiger partial charge >= 0.3 is 0 Å². The Bertz CT molecular complexity index is 125. The van der Waals surface area contributed by atoms with E-state index in [4.69, 9.17) is 46.4 Å². The van der Waals surface area contributed by atoms with Crippen LogP contribution in [0.25, 0.3) is 0 Å². The Morgan fingerprint density at radius 2 is 1.92 bits per heavy atom. The minimum Gasteiger partial charge on any atom is -0.127 e. The molecule has 1 unspecified atom stereocenters. The first-order valence-corrected chi connectivity index (χ1v) is 6.32. The molecule has 0 saturated carbocycles. The normalized spacial score (nSPS) is 14.5. The fraction of sp³-hybridized carbons (Fsp3) is 1.00. The molecular formula is C9H16Cl4. The van der Waals surface area contributed by atoms with Crippen LogP contribution in [0.1, 0.15) is 39.0 Å². The zero-order valence-electron chi connectivity index (χ0n) is 7.83. The van der Waals surface area contributed by atoms with E-state index in [0.29, 0.717) is 18.7 Å². The van der Waals surface area contributed by atoms with Crippen LogP contribution in [-0.2, 0) is 0 Å². The van der Waals surface area contributed by atoms with Gasteiger partial charge in [-0.05, 0) is 19.3 Å². The van der Waals surface area contributed by atoms with E-state index in [1.807, 2.05) is 0 Å². The zero-order chi connectivity index (χ0) is 10.3. The summed E-state index contributed by atoms with van der Waals surface area (Å²) >= 11 is 23.6. The fourth-order valence-electron chi connectivity index (χ4n) is 1.09. The Hall–Kier alpha value is 1.16. The van der Waals surface area contributed by atoms with E-state index in [0.717, 1.165) is 19.3 Å². The number of hydrogen-bond acceptors (Lipinski definition) is 0. The number of alkyl halides is 4. The Balaban J connectivity index is 3.68. The van der Waals surface area contributed by atoms with Crippen molar-refractivity contribution in [3.05, 3.63) is 0 Å². The van der Waals surface area contributed by atoms with Crippen LogP contribution in [0, 0.1) is 0 Å². The summed E-state index contributed by atoms with van der Waals surface area (Å²) in [6, 6.07) is 0. The summed E-state index contributed by atoms with van der Waals surface area (Å²) in [7, 11) is 0. The molecule has 0 saturated heterocycles. The molecule has 0 aliphatic carbocycles. The standard InChI is InChI=1S/C9H16Cl4/c1-2-3-4-8(11)7-9(12,13)5-6-10/h8H,2-7H2,1H3. The van der Waals surface area contributed by atoms with Crippen molar-refractivity contribution in [3.8, 4) is 0 Å². The quantitative estimate of drug-likeness (QED) is 0.570. The van der Waals surface area contributed by atoms with E-state index in [1.165, 1.54) is 0 Å². The van der Waals surface area contributed by atoms with E-state index in [2.05, 4.69) is 6.92 Å². The maximum atomic E-state index is 6.07. The second kappa shape index (κ2) is 7.45. The van der Waals surface area contributed by atoms with Crippen LogP contribution < -0.4 is 0 Å². The van der Waals surface area contributed by atoms with Gasteiger partial charge in [-0.25, -0.2) is 0 Å². The first kappa shape index (κ1) is 14.2. The molecule has 4 heteroatoms. The van der Waals surface area contributed by atoms with Gasteiger partial charge in [0.2, 0.25) is 0 Å². The van der Waals surface area contributed by atoms with Gasteiger partial charge in [0, 0.05) is 11.3 Å². The van der Waals surface area contributed by atoms with Gasteiger partial charge in [-0.2, -0.15) is 0 Å². The maximum Gasteiger partial charge on any atom is 0.120 e. The second-order valence-corrected chi connectivity index (χ2v) is 5.87. The van der Waals surface area contributed by atoms with Crippen LogP contribution in [0.15, 0.2) is 0 Å². The molecule has 80 valence electrons. The third kappa shape index (κ3) is 8.17. The molecule has 13 heavy (non-hydrogen) atoms. The topological polar surface area (TPSA) is 0 Å². The van der Waals surface area contributed by atoms with Gasteiger partial charge in [0.1, 0.15) is 4.33 Å². The van der Waals surface area contributed by atoms with Crippen molar-refractivity contribution >= 4 is 46.4 Å². The molecule has 0 N–H and O–H groups in total. The van der Waals surface area contributed by atoms with Crippen molar-refractivity contribution in [1.82, 2.24) is 0 Å². The van der Waals surface area contributed by atoms with Crippen LogP contribution in [0.2, 0.25) is 0 Å². The van der Waals surface area contributed by atoms with Crippen LogP contribution in [-0.4, -0.2) is 15.6 Å². The first-order valence-electron chi connectivity index (χ1n) is 4.59. The number of hydrogen-bond donors (Lipinski definition) is 0. The van der Waals surface area contributed by atoms with Crippen molar-refractivity contribution in [1.29, 1.82) is 0 Å². The predicted octanol–water partition coefficient (Wildman–Crippen LogP) is 4.98. The monoisotopic (exact) mass is 264 g/mol. The number of halogens is 4. The Morgan fingerprint density at radius 1 is 1.31 bits per heavy atom. The lowest BCUT2D eigenvalue weighted by Crippen LogP contribution is -2.19. The molecular weight excluding hydrogens is 250 g/mol. The van der Waals surface area contributed by atoms with Crippen molar-refractivity contribution in [2.45, 2.75) is 48.7 Å². The lowest BCUT2D eigenvalue weighted by atomic mass is 10.1. The summed E-state index contributed by atoms with van der Waals surface area (Å²) in [5.41, 5.74) is 0. The molecule has 0 aliphatic rings. The van der Waals surface area contributed by atoms with E-state index >= 15 is 0 Å². The molecule has 0 spiro atoms. The maximum absolute atomic E-state index is 6.07. The summed E-state index contributed by atoms with van der Waals surface area (Å²) in [5.74, 6) is 0.477. The molecule has 0 amide bonds. The highest BCUT2D eigenvalue weighted by Crippen LogP contribution is 2.33. The second-order valence-electron chi connectivity index (χ2n) is 3.24. The molecule has 1 atom stereocenters. The van der Waals surface area contributed by atoms with Gasteiger partial charge in [0.15, 0.2) is 0 Å². The Morgan fingerprint density at radius 3 is 2.38 bits per heavy atom. The molecule has 0 aromatic heterocycles. The molecule has 0 heterocycles. The molecule has 0 aromatic carbocycles. The van der Waals surface area contributed by atoms with E-state index < -0.39 is 4.33 Å². The van der Waals surface area contributed by atoms with Crippen LogP contribution in [0.3, 0.4) is 0 Å². The van der Waals surface area contributed by atoms with Crippen LogP contribution in [0.4, 0.5) is 0 Å². The molecule has 0 bridgehead atoms. The largest absolute Gasteiger partial charge is 0.127 e. The third-order valence-corrected chi connectivity index (χ3v) is 3.10. The predicted molar refractivity (Wildman–Crippen MR) is 63.6 cm³/mol. The van der Waals surface area contributed by atoms with Gasteiger partial charge < -0.3 is 0 Å². The number of unbranched alkanes of at least 4 members (excludes halogenated alkanes) is 1. The zero-order valence-corrected chi connectivity index (χ0v) is 10.9. The van der Waals surface area contributed by atoms with E-state index in [1.54, 1.807) is 0 Å². The van der Waals surface area contributed by atoms with Gasteiger partial charge in [-0.3, -0.25) is 0 Å². The van der Waals surface area contributed by atoms with E-state index in [-0.39, 0.29) is 5.38 Å². The van der Waals surface area contributed by atoms with Gasteiger partial charge in [-0.1, -0.05) is 19.8 Å². The van der Waals surface area contributed by atoms with Crippen molar-refractivity contribution in [2.75, 3.05) is 5.88 Å². The van der Waals surface area contributed by atoms with Gasteiger partial charge in [0.05, 0.1) is 0 Å².